The monoisotopic (exact) mass is 390 g/mol. The lowest BCUT2D eigenvalue weighted by atomic mass is 10.1. The summed E-state index contributed by atoms with van der Waals surface area (Å²) >= 11 is 1.31. The van der Waals surface area contributed by atoms with Gasteiger partial charge in [0, 0.05) is 30.6 Å². The van der Waals surface area contributed by atoms with Crippen molar-refractivity contribution >= 4 is 28.1 Å². The number of morpholine rings is 1. The average Bonchev–Trinajstić information content (AvgIpc) is 3.00. The normalized spacial score (nSPS) is 20.4. The summed E-state index contributed by atoms with van der Waals surface area (Å²) < 4.78 is 5.73. The molecule has 2 atom stereocenters. The van der Waals surface area contributed by atoms with Crippen LogP contribution in [0.15, 0.2) is 23.6 Å². The highest BCUT2D eigenvalue weighted by atomic mass is 32.1. The van der Waals surface area contributed by atoms with Gasteiger partial charge in [-0.2, -0.15) is 0 Å². The van der Waals surface area contributed by atoms with Gasteiger partial charge in [-0.25, -0.2) is 4.98 Å². The van der Waals surface area contributed by atoms with Gasteiger partial charge in [-0.05, 0) is 26.8 Å². The number of thiazole rings is 1. The van der Waals surface area contributed by atoms with Crippen molar-refractivity contribution < 1.29 is 14.5 Å². The van der Waals surface area contributed by atoms with Crippen LogP contribution in [0.5, 0.6) is 0 Å². The first-order valence-corrected chi connectivity index (χ1v) is 9.59. The van der Waals surface area contributed by atoms with Gasteiger partial charge in [0.2, 0.25) is 0 Å². The number of para-hydroxylation sites is 1. The van der Waals surface area contributed by atoms with Crippen LogP contribution in [0, 0.1) is 17.0 Å². The molecule has 1 aromatic carbocycles. The number of carbonyl (C=O) groups is 1. The highest BCUT2D eigenvalue weighted by Crippen LogP contribution is 2.25. The molecule has 1 aromatic heterocycles. The van der Waals surface area contributed by atoms with E-state index in [0.717, 1.165) is 18.8 Å². The number of rotatable bonds is 5. The van der Waals surface area contributed by atoms with E-state index in [2.05, 4.69) is 15.2 Å². The van der Waals surface area contributed by atoms with E-state index < -0.39 is 10.8 Å². The minimum atomic E-state index is -0.529. The van der Waals surface area contributed by atoms with Crippen LogP contribution in [0.25, 0.3) is 0 Å². The molecule has 3 rings (SSSR count). The Labute approximate surface area is 161 Å². The summed E-state index contributed by atoms with van der Waals surface area (Å²) in [7, 11) is 0. The van der Waals surface area contributed by atoms with Gasteiger partial charge in [0.05, 0.1) is 22.8 Å². The van der Waals surface area contributed by atoms with E-state index in [0.29, 0.717) is 17.2 Å². The molecule has 0 saturated carbocycles. The smallest absolute Gasteiger partial charge is 0.285 e. The molecular weight excluding hydrogens is 368 g/mol. The van der Waals surface area contributed by atoms with E-state index in [1.54, 1.807) is 19.1 Å². The van der Waals surface area contributed by atoms with Crippen LogP contribution < -0.4 is 5.32 Å². The lowest BCUT2D eigenvalue weighted by molar-refractivity contribution is -0.385. The Morgan fingerprint density at radius 1 is 1.41 bits per heavy atom. The van der Waals surface area contributed by atoms with Gasteiger partial charge in [0.15, 0.2) is 5.13 Å². The van der Waals surface area contributed by atoms with Crippen molar-refractivity contribution in [2.45, 2.75) is 39.5 Å². The third kappa shape index (κ3) is 4.68. The second-order valence-electron chi connectivity index (χ2n) is 6.78. The summed E-state index contributed by atoms with van der Waals surface area (Å²) in [5, 5.41) is 16.3. The molecule has 9 heteroatoms. The maximum Gasteiger partial charge on any atom is 0.285 e. The molecule has 0 spiro atoms. The number of ether oxygens (including phenoxy) is 1. The van der Waals surface area contributed by atoms with E-state index in [1.807, 2.05) is 19.2 Å². The second-order valence-corrected chi connectivity index (χ2v) is 7.64. The minimum absolute atomic E-state index is 0.0348. The molecule has 0 aliphatic carbocycles. The summed E-state index contributed by atoms with van der Waals surface area (Å²) in [6, 6.07) is 4.69. The van der Waals surface area contributed by atoms with Gasteiger partial charge in [-0.3, -0.25) is 25.1 Å². The molecule has 1 aliphatic heterocycles. The maximum atomic E-state index is 12.5. The fourth-order valence-corrected chi connectivity index (χ4v) is 4.03. The molecule has 1 aliphatic rings. The maximum absolute atomic E-state index is 12.5. The summed E-state index contributed by atoms with van der Waals surface area (Å²) in [5.41, 5.74) is 1.16. The highest BCUT2D eigenvalue weighted by Gasteiger charge is 2.24. The Balaban J connectivity index is 1.68. The van der Waals surface area contributed by atoms with E-state index >= 15 is 0 Å². The van der Waals surface area contributed by atoms with Gasteiger partial charge in [0.25, 0.3) is 11.6 Å². The van der Waals surface area contributed by atoms with E-state index in [-0.39, 0.29) is 23.5 Å². The Hall–Kier alpha value is -2.36. The topological polar surface area (TPSA) is 97.6 Å². The van der Waals surface area contributed by atoms with Crippen molar-refractivity contribution in [2.24, 2.45) is 0 Å². The van der Waals surface area contributed by atoms with Crippen LogP contribution in [0.4, 0.5) is 10.8 Å². The molecule has 144 valence electrons. The first-order chi connectivity index (χ1) is 12.8. The second kappa shape index (κ2) is 8.12. The molecule has 1 saturated heterocycles. The molecule has 0 bridgehead atoms. The Morgan fingerprint density at radius 2 is 2.11 bits per heavy atom. The number of nitro benzene ring substituents is 1. The molecule has 8 nitrogen and oxygen atoms in total. The van der Waals surface area contributed by atoms with Crippen molar-refractivity contribution in [1.82, 2.24) is 9.88 Å². The number of hydrogen-bond donors (Lipinski definition) is 1. The van der Waals surface area contributed by atoms with Gasteiger partial charge >= 0.3 is 0 Å². The number of hydrogen-bond acceptors (Lipinski definition) is 7. The highest BCUT2D eigenvalue weighted by molar-refractivity contribution is 7.14. The van der Waals surface area contributed by atoms with Gasteiger partial charge in [-0.15, -0.1) is 11.3 Å². The molecule has 0 radical (unpaired) electrons. The zero-order valence-corrected chi connectivity index (χ0v) is 16.3. The van der Waals surface area contributed by atoms with Crippen molar-refractivity contribution in [1.29, 1.82) is 0 Å². The van der Waals surface area contributed by atoms with Crippen LogP contribution in [0.2, 0.25) is 0 Å². The predicted molar refractivity (Wildman–Crippen MR) is 103 cm³/mol. The third-order valence-corrected chi connectivity index (χ3v) is 5.12. The lowest BCUT2D eigenvalue weighted by Gasteiger charge is -2.34. The van der Waals surface area contributed by atoms with Crippen molar-refractivity contribution in [3.63, 3.8) is 0 Å². The third-order valence-electron chi connectivity index (χ3n) is 4.32. The van der Waals surface area contributed by atoms with Gasteiger partial charge in [-0.1, -0.05) is 12.1 Å². The van der Waals surface area contributed by atoms with Gasteiger partial charge in [0.1, 0.15) is 5.56 Å². The number of nitro groups is 1. The van der Waals surface area contributed by atoms with Crippen LogP contribution >= 0.6 is 11.3 Å². The lowest BCUT2D eigenvalue weighted by Crippen LogP contribution is -2.44. The number of carbonyl (C=O) groups excluding carboxylic acids is 1. The molecule has 1 N–H and O–H groups in total. The minimum Gasteiger partial charge on any atom is -0.373 e. The molecule has 1 fully saturated rings. The number of amides is 1. The first-order valence-electron chi connectivity index (χ1n) is 8.71. The molecule has 2 heterocycles. The quantitative estimate of drug-likeness (QED) is 0.622. The van der Waals surface area contributed by atoms with Crippen LogP contribution in [-0.4, -0.2) is 46.0 Å². The summed E-state index contributed by atoms with van der Waals surface area (Å²) in [6.07, 6.45) is 0.349. The molecule has 0 unspecified atom stereocenters. The van der Waals surface area contributed by atoms with E-state index in [9.17, 15) is 14.9 Å². The zero-order chi connectivity index (χ0) is 19.6. The summed E-state index contributed by atoms with van der Waals surface area (Å²) in [4.78, 5) is 30.0. The fourth-order valence-electron chi connectivity index (χ4n) is 3.33. The van der Waals surface area contributed by atoms with Crippen LogP contribution in [0.3, 0.4) is 0 Å². The molecule has 1 amide bonds. The Bertz CT molecular complexity index is 844. The zero-order valence-electron chi connectivity index (χ0n) is 15.5. The number of nitrogens with one attached hydrogen (secondary N) is 1. The Kier molecular flexibility index (Phi) is 5.83. The molecule has 2 aromatic rings. The first kappa shape index (κ1) is 19.4. The van der Waals surface area contributed by atoms with Crippen molar-refractivity contribution in [3.8, 4) is 0 Å². The van der Waals surface area contributed by atoms with Crippen molar-refractivity contribution in [3.05, 3.63) is 50.5 Å². The molecular formula is C18H22N4O4S. The number of aryl methyl sites for hydroxylation is 1. The predicted octanol–water partition coefficient (Wildman–Crippen LogP) is 3.22. The summed E-state index contributed by atoms with van der Waals surface area (Å²) in [6.45, 7) is 8.04. The van der Waals surface area contributed by atoms with Crippen LogP contribution in [-0.2, 0) is 11.3 Å². The van der Waals surface area contributed by atoms with Crippen molar-refractivity contribution in [2.75, 3.05) is 18.4 Å². The standard InChI is InChI=1S/C18H22N4O4S/c1-11-5-4-6-15(16(11)22(24)25)17(23)20-18-19-14(10-27-18)9-21-7-12(2)26-13(3)8-21/h4-6,10,12-13H,7-9H2,1-3H3,(H,19,20,23)/t12-,13+. The van der Waals surface area contributed by atoms with Gasteiger partial charge < -0.3 is 4.74 Å². The fraction of sp³-hybridized carbons (Fsp3) is 0.444. The number of nitrogens with zero attached hydrogens (tertiary/aromatic N) is 3. The number of aromatic nitrogens is 1. The summed E-state index contributed by atoms with van der Waals surface area (Å²) in [5.74, 6) is -0.528. The Morgan fingerprint density at radius 3 is 2.78 bits per heavy atom. The molecule has 27 heavy (non-hydrogen) atoms. The largest absolute Gasteiger partial charge is 0.373 e. The number of benzene rings is 1. The SMILES string of the molecule is Cc1cccc(C(=O)Nc2nc(CN3C[C@@H](C)O[C@@H](C)C3)cs2)c1[N+](=O)[O-]. The van der Waals surface area contributed by atoms with E-state index in [1.165, 1.54) is 17.4 Å². The number of anilines is 1. The van der Waals surface area contributed by atoms with E-state index in [4.69, 9.17) is 4.74 Å². The average molecular weight is 390 g/mol. The van der Waals surface area contributed by atoms with Crippen LogP contribution in [0.1, 0.15) is 35.5 Å².